The highest BCUT2D eigenvalue weighted by Gasteiger charge is 2.31. The van der Waals surface area contributed by atoms with Gasteiger partial charge in [-0.3, -0.25) is 0 Å². The fourth-order valence-electron chi connectivity index (χ4n) is 2.78. The smallest absolute Gasteiger partial charge is 0.491 e. The second-order valence-corrected chi connectivity index (χ2v) is 6.72. The highest BCUT2D eigenvalue weighted by atomic mass is 19.4. The number of aliphatic hydroxyl groups excluding tert-OH is 1. The maximum atomic E-state index is 12.5. The molecule has 0 heterocycles. The molecule has 31 heavy (non-hydrogen) atoms. The van der Waals surface area contributed by atoms with Crippen molar-refractivity contribution < 1.29 is 32.5 Å². The molecule has 0 aromatic heterocycles. The summed E-state index contributed by atoms with van der Waals surface area (Å²) >= 11 is 0. The number of unbranched alkanes of at least 4 members (excludes halogenated alkanes) is 1. The van der Waals surface area contributed by atoms with Crippen LogP contribution in [0.1, 0.15) is 18.4 Å². The van der Waals surface area contributed by atoms with E-state index in [-0.39, 0.29) is 24.7 Å². The van der Waals surface area contributed by atoms with E-state index in [1.54, 1.807) is 6.07 Å². The lowest BCUT2D eigenvalue weighted by atomic mass is 10.2. The monoisotopic (exact) mass is 442 g/mol. The van der Waals surface area contributed by atoms with Crippen molar-refractivity contribution in [1.29, 1.82) is 0 Å². The summed E-state index contributed by atoms with van der Waals surface area (Å²) < 4.78 is 52.3. The van der Waals surface area contributed by atoms with Crippen LogP contribution in [-0.4, -0.2) is 51.0 Å². The van der Waals surface area contributed by atoms with E-state index in [0.717, 1.165) is 31.1 Å². The number of para-hydroxylation sites is 1. The largest absolute Gasteiger partial charge is 0.573 e. The molecular weight excluding hydrogens is 413 g/mol. The number of benzene rings is 2. The van der Waals surface area contributed by atoms with Crippen LogP contribution in [0.3, 0.4) is 0 Å². The first-order valence-corrected chi connectivity index (χ1v) is 10.2. The van der Waals surface area contributed by atoms with E-state index < -0.39 is 6.36 Å². The molecule has 0 atom stereocenters. The standard InChI is InChI=1S/C22H29F3N2O4/c23-22(24,25)31-21-15-18(14-20(16-21)30-13-10-28)17-26-8-4-5-11-29-12-9-27-19-6-2-1-3-7-19/h1-3,6-7,14-16,26-28H,4-5,8-13,17H2. The molecule has 0 saturated heterocycles. The van der Waals surface area contributed by atoms with Crippen LogP contribution in [0.4, 0.5) is 18.9 Å². The van der Waals surface area contributed by atoms with Gasteiger partial charge in [0.1, 0.15) is 18.1 Å². The molecule has 0 aliphatic heterocycles. The normalized spacial score (nSPS) is 11.4. The lowest BCUT2D eigenvalue weighted by molar-refractivity contribution is -0.274. The van der Waals surface area contributed by atoms with Gasteiger partial charge in [-0.25, -0.2) is 0 Å². The average molecular weight is 442 g/mol. The Balaban J connectivity index is 1.61. The molecule has 172 valence electrons. The summed E-state index contributed by atoms with van der Waals surface area (Å²) in [5.41, 5.74) is 1.66. The summed E-state index contributed by atoms with van der Waals surface area (Å²) in [4.78, 5) is 0. The van der Waals surface area contributed by atoms with Crippen molar-refractivity contribution in [2.45, 2.75) is 25.7 Å². The third-order valence-electron chi connectivity index (χ3n) is 4.10. The van der Waals surface area contributed by atoms with E-state index in [4.69, 9.17) is 14.6 Å². The van der Waals surface area contributed by atoms with E-state index in [2.05, 4.69) is 15.4 Å². The number of nitrogens with one attached hydrogen (secondary N) is 2. The van der Waals surface area contributed by atoms with Crippen LogP contribution in [-0.2, 0) is 11.3 Å². The molecule has 0 aliphatic rings. The van der Waals surface area contributed by atoms with Crippen molar-refractivity contribution in [2.75, 3.05) is 44.8 Å². The summed E-state index contributed by atoms with van der Waals surface area (Å²) in [6, 6.07) is 14.0. The number of rotatable bonds is 15. The zero-order valence-corrected chi connectivity index (χ0v) is 17.3. The van der Waals surface area contributed by atoms with Crippen LogP contribution in [0.15, 0.2) is 48.5 Å². The minimum absolute atomic E-state index is 0.0107. The highest BCUT2D eigenvalue weighted by molar-refractivity contribution is 5.42. The van der Waals surface area contributed by atoms with Gasteiger partial charge < -0.3 is 30.0 Å². The van der Waals surface area contributed by atoms with Gasteiger partial charge in [0.15, 0.2) is 0 Å². The van der Waals surface area contributed by atoms with Crippen LogP contribution < -0.4 is 20.1 Å². The summed E-state index contributed by atoms with van der Waals surface area (Å²) in [5.74, 6) is -0.137. The number of ether oxygens (including phenoxy) is 3. The van der Waals surface area contributed by atoms with Crippen molar-refractivity contribution in [3.63, 3.8) is 0 Å². The Hall–Kier alpha value is -2.49. The third-order valence-corrected chi connectivity index (χ3v) is 4.10. The molecule has 0 radical (unpaired) electrons. The summed E-state index contributed by atoms with van der Waals surface area (Å²) in [5, 5.41) is 15.3. The van der Waals surface area contributed by atoms with Gasteiger partial charge in [-0.05, 0) is 49.2 Å². The fraction of sp³-hybridized carbons (Fsp3) is 0.455. The van der Waals surface area contributed by atoms with E-state index in [1.165, 1.54) is 6.07 Å². The van der Waals surface area contributed by atoms with Gasteiger partial charge in [0.2, 0.25) is 0 Å². The summed E-state index contributed by atoms with van der Waals surface area (Å²) in [6.07, 6.45) is -3.03. The molecule has 3 N–H and O–H groups in total. The van der Waals surface area contributed by atoms with Crippen molar-refractivity contribution in [3.8, 4) is 11.5 Å². The number of hydrogen-bond acceptors (Lipinski definition) is 6. The van der Waals surface area contributed by atoms with Crippen molar-refractivity contribution >= 4 is 5.69 Å². The second-order valence-electron chi connectivity index (χ2n) is 6.72. The molecule has 0 amide bonds. The van der Waals surface area contributed by atoms with E-state index in [0.29, 0.717) is 31.9 Å². The molecule has 0 aliphatic carbocycles. The molecule has 0 bridgehead atoms. The number of aliphatic hydroxyl groups is 1. The first kappa shape index (κ1) is 24.8. The van der Waals surface area contributed by atoms with Crippen molar-refractivity contribution in [2.24, 2.45) is 0 Å². The fourth-order valence-corrected chi connectivity index (χ4v) is 2.78. The molecule has 6 nitrogen and oxygen atoms in total. The average Bonchev–Trinajstić information content (AvgIpc) is 2.73. The Labute approximate surface area is 180 Å². The van der Waals surface area contributed by atoms with Crippen molar-refractivity contribution in [1.82, 2.24) is 5.32 Å². The molecule has 0 unspecified atom stereocenters. The minimum atomic E-state index is -4.78. The number of alkyl halides is 3. The van der Waals surface area contributed by atoms with Gasteiger partial charge in [0, 0.05) is 31.5 Å². The van der Waals surface area contributed by atoms with Gasteiger partial charge in [0.25, 0.3) is 0 Å². The zero-order chi connectivity index (χ0) is 22.4. The van der Waals surface area contributed by atoms with Gasteiger partial charge in [-0.15, -0.1) is 13.2 Å². The lowest BCUT2D eigenvalue weighted by Gasteiger charge is -2.13. The van der Waals surface area contributed by atoms with Crippen LogP contribution in [0.25, 0.3) is 0 Å². The molecule has 0 fully saturated rings. The summed E-state index contributed by atoms with van der Waals surface area (Å²) in [6.45, 7) is 2.82. The third kappa shape index (κ3) is 11.5. The van der Waals surface area contributed by atoms with Gasteiger partial charge in [-0.1, -0.05) is 18.2 Å². The second kappa shape index (κ2) is 13.7. The predicted octanol–water partition coefficient (Wildman–Crippen LogP) is 3.95. The van der Waals surface area contributed by atoms with E-state index >= 15 is 0 Å². The molecule has 2 rings (SSSR count). The van der Waals surface area contributed by atoms with E-state index in [1.807, 2.05) is 30.3 Å². The molecule has 0 saturated carbocycles. The maximum Gasteiger partial charge on any atom is 0.573 e. The predicted molar refractivity (Wildman–Crippen MR) is 112 cm³/mol. The van der Waals surface area contributed by atoms with Crippen LogP contribution in [0, 0.1) is 0 Å². The first-order chi connectivity index (χ1) is 15.0. The first-order valence-electron chi connectivity index (χ1n) is 10.2. The Bertz CT molecular complexity index is 745. The van der Waals surface area contributed by atoms with Gasteiger partial charge in [0.05, 0.1) is 13.2 Å². The molecule has 0 spiro atoms. The lowest BCUT2D eigenvalue weighted by Crippen LogP contribution is -2.18. The van der Waals surface area contributed by atoms with Crippen LogP contribution in [0.2, 0.25) is 0 Å². The number of hydrogen-bond donors (Lipinski definition) is 3. The van der Waals surface area contributed by atoms with E-state index in [9.17, 15) is 13.2 Å². The maximum absolute atomic E-state index is 12.5. The molecule has 2 aromatic carbocycles. The summed E-state index contributed by atoms with van der Waals surface area (Å²) in [7, 11) is 0. The van der Waals surface area contributed by atoms with Gasteiger partial charge in [-0.2, -0.15) is 0 Å². The zero-order valence-electron chi connectivity index (χ0n) is 17.3. The Morgan fingerprint density at radius 3 is 2.39 bits per heavy atom. The number of anilines is 1. The Kier molecular flexibility index (Phi) is 11.0. The molecule has 9 heteroatoms. The Morgan fingerprint density at radius 2 is 1.65 bits per heavy atom. The topological polar surface area (TPSA) is 72.0 Å². The Morgan fingerprint density at radius 1 is 0.871 bits per heavy atom. The highest BCUT2D eigenvalue weighted by Crippen LogP contribution is 2.28. The quantitative estimate of drug-likeness (QED) is 0.363. The molecular formula is C22H29F3N2O4. The van der Waals surface area contributed by atoms with Crippen LogP contribution in [0.5, 0.6) is 11.5 Å². The minimum Gasteiger partial charge on any atom is -0.491 e. The van der Waals surface area contributed by atoms with Crippen molar-refractivity contribution in [3.05, 3.63) is 54.1 Å². The van der Waals surface area contributed by atoms with Gasteiger partial charge >= 0.3 is 6.36 Å². The number of halogens is 3. The van der Waals surface area contributed by atoms with Crippen LogP contribution >= 0.6 is 0 Å². The SMILES string of the molecule is OCCOc1cc(CNCCCCOCCNc2ccccc2)cc(OC(F)(F)F)c1. The molecule has 2 aromatic rings.